The Morgan fingerprint density at radius 1 is 1.03 bits per heavy atom. The molecule has 8 nitrogen and oxygen atoms in total. The van der Waals surface area contributed by atoms with E-state index in [9.17, 15) is 9.59 Å². The molecule has 0 aliphatic rings. The summed E-state index contributed by atoms with van der Waals surface area (Å²) in [6.07, 6.45) is 0. The number of nitrogens with zero attached hydrogens (tertiary/aromatic N) is 2. The number of fused-ring (bicyclic) bond motifs is 1. The maximum atomic E-state index is 11.5. The highest BCUT2D eigenvalue weighted by atomic mass is 16.5. The van der Waals surface area contributed by atoms with E-state index in [0.717, 1.165) is 16.8 Å². The van der Waals surface area contributed by atoms with Crippen LogP contribution in [-0.2, 0) is 0 Å². The third kappa shape index (κ3) is 3.59. The normalized spacial score (nSPS) is 11.0. The lowest BCUT2D eigenvalue weighted by atomic mass is 10.2. The Morgan fingerprint density at radius 2 is 1.77 bits per heavy atom. The molecule has 154 valence electrons. The maximum absolute atomic E-state index is 11.5. The molecule has 1 heterocycles. The fourth-order valence-corrected chi connectivity index (χ4v) is 3.16. The number of ether oxygens (including phenoxy) is 1. The molecule has 0 radical (unpaired) electrons. The molecule has 3 aromatic carbocycles. The first-order chi connectivity index (χ1) is 14.5. The molecule has 0 saturated carbocycles. The number of nitrogens with one attached hydrogen (secondary N) is 2. The van der Waals surface area contributed by atoms with Gasteiger partial charge in [0, 0.05) is 45.0 Å². The van der Waals surface area contributed by atoms with Crippen molar-refractivity contribution in [3.8, 4) is 17.2 Å². The highest BCUT2D eigenvalue weighted by molar-refractivity contribution is 5.78. The highest BCUT2D eigenvalue weighted by Gasteiger charge is 2.18. The smallest absolute Gasteiger partial charge is 0.253 e. The molecular weight excluding hydrogens is 384 g/mol. The van der Waals surface area contributed by atoms with Crippen molar-refractivity contribution in [2.24, 2.45) is 0 Å². The predicted molar refractivity (Wildman–Crippen MR) is 119 cm³/mol. The second-order valence-electron chi connectivity index (χ2n) is 7.02. The number of hydrogen-bond acceptors (Lipinski definition) is 8. The van der Waals surface area contributed by atoms with Gasteiger partial charge in [-0.05, 0) is 36.4 Å². The van der Waals surface area contributed by atoms with Crippen molar-refractivity contribution in [3.05, 3.63) is 62.9 Å². The lowest BCUT2D eigenvalue weighted by Crippen LogP contribution is -2.37. The van der Waals surface area contributed by atoms with Gasteiger partial charge in [-0.25, -0.2) is 4.98 Å². The van der Waals surface area contributed by atoms with Crippen LogP contribution in [0, 0.1) is 0 Å². The summed E-state index contributed by atoms with van der Waals surface area (Å²) in [5, 5.41) is 5.65. The predicted octanol–water partition coefficient (Wildman–Crippen LogP) is 2.69. The molecule has 0 unspecified atom stereocenters. The van der Waals surface area contributed by atoms with Gasteiger partial charge in [0.25, 0.3) is 10.9 Å². The average molecular weight is 406 g/mol. The van der Waals surface area contributed by atoms with Crippen LogP contribution in [0.3, 0.4) is 0 Å². The van der Waals surface area contributed by atoms with Crippen LogP contribution in [0.25, 0.3) is 22.6 Å². The molecule has 0 aliphatic heterocycles. The number of hydrogen-bond donors (Lipinski definition) is 2. The summed E-state index contributed by atoms with van der Waals surface area (Å²) in [6.45, 7) is 0.706. The zero-order valence-corrected chi connectivity index (χ0v) is 17.0. The second-order valence-corrected chi connectivity index (χ2v) is 7.02. The van der Waals surface area contributed by atoms with Gasteiger partial charge in [-0.2, -0.15) is 0 Å². The molecule has 0 bridgehead atoms. The van der Waals surface area contributed by atoms with Gasteiger partial charge < -0.3 is 24.7 Å². The summed E-state index contributed by atoms with van der Waals surface area (Å²) in [7, 11) is 5.59. The Morgan fingerprint density at radius 3 is 2.47 bits per heavy atom. The Kier molecular flexibility index (Phi) is 5.14. The average Bonchev–Trinajstić information content (AvgIpc) is 3.18. The first-order valence-corrected chi connectivity index (χ1v) is 9.54. The summed E-state index contributed by atoms with van der Waals surface area (Å²) >= 11 is 0. The van der Waals surface area contributed by atoms with Gasteiger partial charge in [0.05, 0.1) is 0 Å². The van der Waals surface area contributed by atoms with Crippen molar-refractivity contribution in [3.63, 3.8) is 0 Å². The van der Waals surface area contributed by atoms with Crippen molar-refractivity contribution >= 4 is 28.2 Å². The standard InChI is InChI=1S/C22H22N4O4/c1-23-18-19(21(28)20(18)27)24-10-11-29-15-8-9-16-17(12-15)30-22(25-16)13-4-6-14(7-5-13)26(2)3/h4-9,12,23-24H,10-11H2,1-3H3. The number of rotatable bonds is 8. The van der Waals surface area contributed by atoms with E-state index in [0.29, 0.717) is 41.7 Å². The molecule has 4 aromatic rings. The van der Waals surface area contributed by atoms with Crippen LogP contribution in [0.5, 0.6) is 5.75 Å². The second kappa shape index (κ2) is 7.90. The van der Waals surface area contributed by atoms with E-state index < -0.39 is 10.9 Å². The molecule has 4 rings (SSSR count). The Balaban J connectivity index is 1.40. The Labute approximate surface area is 172 Å². The molecule has 0 saturated heterocycles. The number of anilines is 3. The van der Waals surface area contributed by atoms with Gasteiger partial charge in [-0.1, -0.05) is 0 Å². The first-order valence-electron chi connectivity index (χ1n) is 9.54. The molecule has 0 aliphatic carbocycles. The largest absolute Gasteiger partial charge is 0.492 e. The zero-order valence-electron chi connectivity index (χ0n) is 17.0. The Bertz CT molecular complexity index is 1250. The fraction of sp³-hybridized carbons (Fsp3) is 0.227. The van der Waals surface area contributed by atoms with Gasteiger partial charge in [0.15, 0.2) is 5.58 Å². The summed E-state index contributed by atoms with van der Waals surface area (Å²) < 4.78 is 11.6. The van der Waals surface area contributed by atoms with Crippen LogP contribution >= 0.6 is 0 Å². The molecule has 0 amide bonds. The molecule has 2 N–H and O–H groups in total. The lowest BCUT2D eigenvalue weighted by Gasteiger charge is -2.12. The molecule has 0 fully saturated rings. The summed E-state index contributed by atoms with van der Waals surface area (Å²) in [5.74, 6) is 1.18. The fourth-order valence-electron chi connectivity index (χ4n) is 3.16. The molecule has 30 heavy (non-hydrogen) atoms. The highest BCUT2D eigenvalue weighted by Crippen LogP contribution is 2.28. The van der Waals surface area contributed by atoms with Gasteiger partial charge in [0.1, 0.15) is 29.2 Å². The SMILES string of the molecule is CNc1c(NCCOc2ccc3nc(-c4ccc(N(C)C)cc4)oc3c2)c(=O)c1=O. The van der Waals surface area contributed by atoms with Crippen molar-refractivity contribution in [2.45, 2.75) is 0 Å². The van der Waals surface area contributed by atoms with E-state index in [1.807, 2.05) is 55.4 Å². The van der Waals surface area contributed by atoms with Gasteiger partial charge in [-0.15, -0.1) is 0 Å². The van der Waals surface area contributed by atoms with Crippen LogP contribution in [0.1, 0.15) is 0 Å². The monoisotopic (exact) mass is 406 g/mol. The molecular formula is C22H22N4O4. The lowest BCUT2D eigenvalue weighted by molar-refractivity contribution is 0.333. The van der Waals surface area contributed by atoms with E-state index in [2.05, 4.69) is 15.6 Å². The first kappa shape index (κ1) is 19.5. The van der Waals surface area contributed by atoms with E-state index in [1.54, 1.807) is 13.1 Å². The molecule has 0 spiro atoms. The maximum Gasteiger partial charge on any atom is 0.253 e. The van der Waals surface area contributed by atoms with Crippen molar-refractivity contribution < 1.29 is 9.15 Å². The van der Waals surface area contributed by atoms with Crippen molar-refractivity contribution in [2.75, 3.05) is 49.8 Å². The minimum absolute atomic E-state index is 0.307. The molecule has 1 aromatic heterocycles. The summed E-state index contributed by atoms with van der Waals surface area (Å²) in [4.78, 5) is 29.5. The minimum Gasteiger partial charge on any atom is -0.492 e. The van der Waals surface area contributed by atoms with Gasteiger partial charge in [0.2, 0.25) is 5.89 Å². The van der Waals surface area contributed by atoms with E-state index in [4.69, 9.17) is 9.15 Å². The van der Waals surface area contributed by atoms with Crippen LogP contribution < -0.4 is 31.1 Å². The topological polar surface area (TPSA) is 96.7 Å². The quantitative estimate of drug-likeness (QED) is 0.341. The van der Waals surface area contributed by atoms with Crippen molar-refractivity contribution in [1.82, 2.24) is 4.98 Å². The number of oxazole rings is 1. The van der Waals surface area contributed by atoms with E-state index >= 15 is 0 Å². The van der Waals surface area contributed by atoms with Crippen molar-refractivity contribution in [1.29, 1.82) is 0 Å². The molecule has 8 heteroatoms. The number of benzene rings is 2. The number of aromatic nitrogens is 1. The minimum atomic E-state index is -0.506. The van der Waals surface area contributed by atoms with E-state index in [-0.39, 0.29) is 0 Å². The Hall–Kier alpha value is -3.81. The van der Waals surface area contributed by atoms with Gasteiger partial charge >= 0.3 is 0 Å². The van der Waals surface area contributed by atoms with Gasteiger partial charge in [-0.3, -0.25) is 9.59 Å². The third-order valence-corrected chi connectivity index (χ3v) is 4.82. The summed E-state index contributed by atoms with van der Waals surface area (Å²) in [6, 6.07) is 13.4. The zero-order chi connectivity index (χ0) is 21.3. The van der Waals surface area contributed by atoms with Crippen LogP contribution in [0.4, 0.5) is 17.1 Å². The molecule has 0 atom stereocenters. The van der Waals surface area contributed by atoms with Crippen LogP contribution in [-0.4, -0.2) is 39.3 Å². The van der Waals surface area contributed by atoms with Crippen LogP contribution in [0.2, 0.25) is 0 Å². The van der Waals surface area contributed by atoms with Crippen LogP contribution in [0.15, 0.2) is 56.5 Å². The third-order valence-electron chi connectivity index (χ3n) is 4.82. The van der Waals surface area contributed by atoms with E-state index in [1.165, 1.54) is 0 Å². The summed E-state index contributed by atoms with van der Waals surface area (Å²) in [5.41, 5.74) is 3.00.